The second-order valence-corrected chi connectivity index (χ2v) is 10.1. The van der Waals surface area contributed by atoms with Crippen LogP contribution in [-0.2, 0) is 30.0 Å². The van der Waals surface area contributed by atoms with E-state index < -0.39 is 10.0 Å². The van der Waals surface area contributed by atoms with E-state index in [1.54, 1.807) is 30.6 Å². The Morgan fingerprint density at radius 3 is 2.39 bits per heavy atom. The highest BCUT2D eigenvalue weighted by molar-refractivity contribution is 7.89. The molecule has 4 aromatic rings. The van der Waals surface area contributed by atoms with Gasteiger partial charge in [0, 0.05) is 31.5 Å². The van der Waals surface area contributed by atoms with Gasteiger partial charge in [0.2, 0.25) is 10.0 Å². The first-order valence-electron chi connectivity index (χ1n) is 11.0. The van der Waals surface area contributed by atoms with Gasteiger partial charge in [0.1, 0.15) is 0 Å². The number of nitrogens with one attached hydrogen (secondary N) is 1. The van der Waals surface area contributed by atoms with E-state index in [1.807, 2.05) is 42.1 Å². The summed E-state index contributed by atoms with van der Waals surface area (Å²) in [6.45, 7) is 1.23. The minimum absolute atomic E-state index is 0.248. The van der Waals surface area contributed by atoms with Gasteiger partial charge in [-0.1, -0.05) is 54.6 Å². The Hall–Kier alpha value is -3.42. The van der Waals surface area contributed by atoms with Crippen molar-refractivity contribution in [3.8, 4) is 11.1 Å². The predicted molar refractivity (Wildman–Crippen MR) is 130 cm³/mol. The molecule has 0 radical (unpaired) electrons. The number of fused-ring (bicyclic) bond motifs is 1. The van der Waals surface area contributed by atoms with Crippen molar-refractivity contribution in [1.29, 1.82) is 0 Å². The average molecular weight is 459 g/mol. The van der Waals surface area contributed by atoms with Gasteiger partial charge in [-0.3, -0.25) is 0 Å². The lowest BCUT2D eigenvalue weighted by atomic mass is 9.94. The molecule has 5 rings (SSSR count). The van der Waals surface area contributed by atoms with E-state index in [4.69, 9.17) is 0 Å². The Bertz CT molecular complexity index is 1350. The molecule has 1 atom stereocenters. The molecule has 168 valence electrons. The second kappa shape index (κ2) is 8.84. The van der Waals surface area contributed by atoms with E-state index in [0.717, 1.165) is 28.1 Å². The van der Waals surface area contributed by atoms with E-state index in [9.17, 15) is 8.42 Å². The second-order valence-electron chi connectivity index (χ2n) is 8.42. The largest absolute Gasteiger partial charge is 0.364 e. The summed E-state index contributed by atoms with van der Waals surface area (Å²) in [5, 5.41) is 0. The minimum Gasteiger partial charge on any atom is -0.364 e. The molecule has 0 aliphatic carbocycles. The van der Waals surface area contributed by atoms with Gasteiger partial charge >= 0.3 is 0 Å². The molecule has 2 heterocycles. The first-order chi connectivity index (χ1) is 16.0. The van der Waals surface area contributed by atoms with Crippen molar-refractivity contribution >= 4 is 15.7 Å². The van der Waals surface area contributed by atoms with E-state index >= 15 is 0 Å². The van der Waals surface area contributed by atoms with Crippen molar-refractivity contribution in [2.24, 2.45) is 7.05 Å². The highest BCUT2D eigenvalue weighted by Crippen LogP contribution is 2.33. The Morgan fingerprint density at radius 1 is 0.970 bits per heavy atom. The molecule has 0 saturated carbocycles. The molecule has 1 unspecified atom stereocenters. The molecule has 6 nitrogen and oxygen atoms in total. The maximum Gasteiger partial charge on any atom is 0.240 e. The van der Waals surface area contributed by atoms with Crippen molar-refractivity contribution in [2.75, 3.05) is 11.4 Å². The lowest BCUT2D eigenvalue weighted by Gasteiger charge is -2.36. The predicted octanol–water partition coefficient (Wildman–Crippen LogP) is 4.00. The van der Waals surface area contributed by atoms with Gasteiger partial charge in [-0.2, -0.15) is 0 Å². The summed E-state index contributed by atoms with van der Waals surface area (Å²) in [4.78, 5) is 6.76. The fraction of sp³-hybridized carbons (Fsp3) is 0.192. The maximum atomic E-state index is 13.0. The summed E-state index contributed by atoms with van der Waals surface area (Å²) in [5.74, 6) is 0. The molecule has 1 aliphatic heterocycles. The zero-order chi connectivity index (χ0) is 22.8. The number of imidazole rings is 1. The Kier molecular flexibility index (Phi) is 5.74. The van der Waals surface area contributed by atoms with Crippen LogP contribution in [0.2, 0.25) is 0 Å². The first kappa shape index (κ1) is 21.4. The SMILES string of the molecule is Cn1cncc1CN1CC(NS(=O)(=O)c2ccccc2)Cc2cc(-c3ccccc3)ccc21. The molecule has 0 spiro atoms. The van der Waals surface area contributed by atoms with Crippen molar-refractivity contribution in [2.45, 2.75) is 23.9 Å². The number of rotatable bonds is 6. The fourth-order valence-electron chi connectivity index (χ4n) is 4.41. The van der Waals surface area contributed by atoms with Gasteiger partial charge in [0.05, 0.1) is 23.5 Å². The van der Waals surface area contributed by atoms with E-state index in [-0.39, 0.29) is 10.9 Å². The summed E-state index contributed by atoms with van der Waals surface area (Å²) >= 11 is 0. The normalized spacial score (nSPS) is 15.9. The molecule has 0 bridgehead atoms. The van der Waals surface area contributed by atoms with Crippen LogP contribution in [-0.4, -0.2) is 30.6 Å². The summed E-state index contributed by atoms with van der Waals surface area (Å²) in [5.41, 5.74) is 5.60. The van der Waals surface area contributed by atoms with Gasteiger partial charge in [-0.15, -0.1) is 0 Å². The quantitative estimate of drug-likeness (QED) is 0.474. The molecule has 1 aromatic heterocycles. The van der Waals surface area contributed by atoms with Crippen molar-refractivity contribution in [1.82, 2.24) is 14.3 Å². The summed E-state index contributed by atoms with van der Waals surface area (Å²) < 4.78 is 31.0. The summed E-state index contributed by atoms with van der Waals surface area (Å²) in [7, 11) is -1.64. The number of anilines is 1. The third kappa shape index (κ3) is 4.55. The van der Waals surface area contributed by atoms with Crippen LogP contribution in [0.3, 0.4) is 0 Å². The Balaban J connectivity index is 1.49. The van der Waals surface area contributed by atoms with Crippen LogP contribution >= 0.6 is 0 Å². The number of sulfonamides is 1. The third-order valence-electron chi connectivity index (χ3n) is 6.08. The number of aryl methyl sites for hydroxylation is 1. The maximum absolute atomic E-state index is 13.0. The highest BCUT2D eigenvalue weighted by atomic mass is 32.2. The van der Waals surface area contributed by atoms with Crippen molar-refractivity contribution in [3.63, 3.8) is 0 Å². The molecule has 1 aliphatic rings. The van der Waals surface area contributed by atoms with Gasteiger partial charge in [-0.05, 0) is 47.4 Å². The average Bonchev–Trinajstić information content (AvgIpc) is 3.24. The molecule has 0 fully saturated rings. The van der Waals surface area contributed by atoms with Crippen LogP contribution in [0.5, 0.6) is 0 Å². The Labute approximate surface area is 194 Å². The monoisotopic (exact) mass is 458 g/mol. The number of hydrogen-bond donors (Lipinski definition) is 1. The van der Waals surface area contributed by atoms with Crippen LogP contribution in [0.4, 0.5) is 5.69 Å². The number of hydrogen-bond acceptors (Lipinski definition) is 4. The summed E-state index contributed by atoms with van der Waals surface area (Å²) in [6, 6.07) is 25.0. The zero-order valence-corrected chi connectivity index (χ0v) is 19.2. The molecular formula is C26H26N4O2S. The van der Waals surface area contributed by atoms with Crippen LogP contribution in [0, 0.1) is 0 Å². The molecule has 33 heavy (non-hydrogen) atoms. The molecule has 1 N–H and O–H groups in total. The number of benzene rings is 3. The third-order valence-corrected chi connectivity index (χ3v) is 7.62. The molecular weight excluding hydrogens is 432 g/mol. The fourth-order valence-corrected chi connectivity index (χ4v) is 5.66. The van der Waals surface area contributed by atoms with Crippen LogP contribution < -0.4 is 9.62 Å². The van der Waals surface area contributed by atoms with E-state index in [0.29, 0.717) is 19.5 Å². The van der Waals surface area contributed by atoms with E-state index in [2.05, 4.69) is 44.9 Å². The first-order valence-corrected chi connectivity index (χ1v) is 12.4. The van der Waals surface area contributed by atoms with Crippen LogP contribution in [0.1, 0.15) is 11.3 Å². The van der Waals surface area contributed by atoms with Gasteiger partial charge in [0.15, 0.2) is 0 Å². The van der Waals surface area contributed by atoms with Crippen molar-refractivity contribution in [3.05, 3.63) is 103 Å². The lowest BCUT2D eigenvalue weighted by Crippen LogP contribution is -2.48. The number of nitrogens with zero attached hydrogens (tertiary/aromatic N) is 3. The smallest absolute Gasteiger partial charge is 0.240 e. The van der Waals surface area contributed by atoms with Gasteiger partial charge in [0.25, 0.3) is 0 Å². The minimum atomic E-state index is -3.61. The highest BCUT2D eigenvalue weighted by Gasteiger charge is 2.29. The number of aromatic nitrogens is 2. The van der Waals surface area contributed by atoms with Gasteiger partial charge < -0.3 is 9.47 Å². The van der Waals surface area contributed by atoms with E-state index in [1.165, 1.54) is 0 Å². The van der Waals surface area contributed by atoms with Crippen LogP contribution in [0.15, 0.2) is 96.3 Å². The Morgan fingerprint density at radius 2 is 1.70 bits per heavy atom. The van der Waals surface area contributed by atoms with Crippen LogP contribution in [0.25, 0.3) is 11.1 Å². The molecule has 0 amide bonds. The lowest BCUT2D eigenvalue weighted by molar-refractivity contribution is 0.522. The topological polar surface area (TPSA) is 67.2 Å². The standard InChI is InChI=1S/C26H26N4O2S/c1-29-19-27-16-24(29)18-30-17-23(28-33(31,32)25-10-6-3-7-11-25)15-22-14-21(12-13-26(22)30)20-8-4-2-5-9-20/h2-14,16,19,23,28H,15,17-18H2,1H3. The van der Waals surface area contributed by atoms with Crippen molar-refractivity contribution < 1.29 is 8.42 Å². The molecule has 3 aromatic carbocycles. The molecule has 0 saturated heterocycles. The van der Waals surface area contributed by atoms with Gasteiger partial charge in [-0.25, -0.2) is 18.1 Å². The summed E-state index contributed by atoms with van der Waals surface area (Å²) in [6.07, 6.45) is 4.27. The zero-order valence-electron chi connectivity index (χ0n) is 18.4. The molecule has 7 heteroatoms.